The molecule has 1 aromatic rings. The van der Waals surface area contributed by atoms with Crippen LogP contribution < -0.4 is 0 Å². The molecular weight excluding hydrogens is 249 g/mol. The molecule has 1 aromatic carbocycles. The second kappa shape index (κ2) is 7.93. The van der Waals surface area contributed by atoms with E-state index in [2.05, 4.69) is 6.58 Å². The lowest BCUT2D eigenvalue weighted by molar-refractivity contribution is -0.128. The highest BCUT2D eigenvalue weighted by molar-refractivity contribution is 7.98. The van der Waals surface area contributed by atoms with Gasteiger partial charge in [-0.1, -0.05) is 18.2 Å². The van der Waals surface area contributed by atoms with Gasteiger partial charge in [-0.15, -0.1) is 6.58 Å². The lowest BCUT2D eigenvalue weighted by Crippen LogP contribution is -2.26. The number of carbonyl (C=O) groups is 1. The Hall–Kier alpha value is -1.29. The van der Waals surface area contributed by atoms with Crippen molar-refractivity contribution in [3.63, 3.8) is 0 Å². The lowest BCUT2D eigenvalue weighted by Gasteiger charge is -2.14. The van der Waals surface area contributed by atoms with Crippen LogP contribution in [0.25, 0.3) is 0 Å². The number of amides is 1. The molecule has 4 heteroatoms. The summed E-state index contributed by atoms with van der Waals surface area (Å²) >= 11 is 1.68. The molecule has 0 aliphatic heterocycles. The van der Waals surface area contributed by atoms with Crippen LogP contribution in [-0.4, -0.2) is 30.2 Å². The third-order valence-corrected chi connectivity index (χ3v) is 3.50. The summed E-state index contributed by atoms with van der Waals surface area (Å²) in [7, 11) is 1.77. The molecule has 98 valence electrons. The van der Waals surface area contributed by atoms with E-state index in [1.807, 2.05) is 0 Å². The minimum Gasteiger partial charge on any atom is -0.342 e. The highest BCUT2D eigenvalue weighted by Gasteiger charge is 2.06. The normalized spacial score (nSPS) is 10.1. The van der Waals surface area contributed by atoms with Crippen molar-refractivity contribution in [1.29, 1.82) is 0 Å². The Labute approximate surface area is 112 Å². The molecule has 1 rings (SSSR count). The number of hydrogen-bond donors (Lipinski definition) is 0. The molecule has 0 unspecified atom stereocenters. The Morgan fingerprint density at radius 3 is 2.72 bits per heavy atom. The van der Waals surface area contributed by atoms with Gasteiger partial charge in [0.2, 0.25) is 5.91 Å². The van der Waals surface area contributed by atoms with Crippen LogP contribution in [0.3, 0.4) is 0 Å². The fourth-order valence-electron chi connectivity index (χ4n) is 1.42. The Morgan fingerprint density at radius 1 is 1.44 bits per heavy atom. The summed E-state index contributed by atoms with van der Waals surface area (Å²) < 4.78 is 12.7. The Bertz CT molecular complexity index is 391. The minimum absolute atomic E-state index is 0.126. The third-order valence-electron chi connectivity index (χ3n) is 2.47. The Morgan fingerprint density at radius 2 is 2.11 bits per heavy atom. The van der Waals surface area contributed by atoms with Crippen molar-refractivity contribution >= 4 is 17.7 Å². The van der Waals surface area contributed by atoms with Crippen LogP contribution in [0.15, 0.2) is 36.9 Å². The highest BCUT2D eigenvalue weighted by Crippen LogP contribution is 2.14. The van der Waals surface area contributed by atoms with Crippen molar-refractivity contribution in [2.75, 3.05) is 19.3 Å². The summed E-state index contributed by atoms with van der Waals surface area (Å²) in [5, 5.41) is 0. The maximum atomic E-state index is 12.7. The maximum Gasteiger partial charge on any atom is 0.223 e. The van der Waals surface area contributed by atoms with Crippen molar-refractivity contribution in [1.82, 2.24) is 4.90 Å². The van der Waals surface area contributed by atoms with Crippen molar-refractivity contribution in [2.45, 2.75) is 12.2 Å². The number of halogens is 1. The lowest BCUT2D eigenvalue weighted by atomic mass is 10.2. The molecule has 0 atom stereocenters. The molecule has 0 saturated carbocycles. The highest BCUT2D eigenvalue weighted by atomic mass is 32.2. The molecule has 0 aliphatic rings. The summed E-state index contributed by atoms with van der Waals surface area (Å²) in [4.78, 5) is 13.3. The van der Waals surface area contributed by atoms with Crippen molar-refractivity contribution in [2.24, 2.45) is 0 Å². The SMILES string of the molecule is C=CCN(C)C(=O)CCSCc1ccc(F)cc1. The molecule has 0 aromatic heterocycles. The summed E-state index contributed by atoms with van der Waals surface area (Å²) in [5.74, 6) is 1.49. The van der Waals surface area contributed by atoms with Gasteiger partial charge in [-0.3, -0.25) is 4.79 Å². The summed E-state index contributed by atoms with van der Waals surface area (Å²) in [5.41, 5.74) is 1.08. The fourth-order valence-corrected chi connectivity index (χ4v) is 2.31. The van der Waals surface area contributed by atoms with Crippen LogP contribution in [0, 0.1) is 5.82 Å². The molecule has 0 aliphatic carbocycles. The topological polar surface area (TPSA) is 20.3 Å². The number of rotatable bonds is 7. The second-order valence-corrected chi connectivity index (χ2v) is 5.10. The van der Waals surface area contributed by atoms with Gasteiger partial charge in [-0.25, -0.2) is 4.39 Å². The molecule has 0 bridgehead atoms. The molecule has 0 radical (unpaired) electrons. The Balaban J connectivity index is 2.20. The van der Waals surface area contributed by atoms with Crippen molar-refractivity contribution < 1.29 is 9.18 Å². The number of thioether (sulfide) groups is 1. The Kier molecular flexibility index (Phi) is 6.50. The van der Waals surface area contributed by atoms with Crippen LogP contribution in [0.4, 0.5) is 4.39 Å². The van der Waals surface area contributed by atoms with Gasteiger partial charge >= 0.3 is 0 Å². The fraction of sp³-hybridized carbons (Fsp3) is 0.357. The molecule has 18 heavy (non-hydrogen) atoms. The average molecular weight is 267 g/mol. The van der Waals surface area contributed by atoms with Gasteiger partial charge in [0.1, 0.15) is 5.82 Å². The van der Waals surface area contributed by atoms with Crippen LogP contribution >= 0.6 is 11.8 Å². The molecule has 0 saturated heterocycles. The zero-order valence-corrected chi connectivity index (χ0v) is 11.4. The molecule has 0 spiro atoms. The van der Waals surface area contributed by atoms with Gasteiger partial charge < -0.3 is 4.90 Å². The third kappa shape index (κ3) is 5.36. The van der Waals surface area contributed by atoms with Gasteiger partial charge in [-0.05, 0) is 17.7 Å². The quantitative estimate of drug-likeness (QED) is 0.559. The maximum absolute atomic E-state index is 12.7. The van der Waals surface area contributed by atoms with E-state index in [9.17, 15) is 9.18 Å². The van der Waals surface area contributed by atoms with Gasteiger partial charge in [-0.2, -0.15) is 11.8 Å². The molecule has 2 nitrogen and oxygen atoms in total. The monoisotopic (exact) mass is 267 g/mol. The minimum atomic E-state index is -0.218. The summed E-state index contributed by atoms with van der Waals surface area (Å²) in [6.07, 6.45) is 2.24. The smallest absolute Gasteiger partial charge is 0.223 e. The predicted molar refractivity (Wildman–Crippen MR) is 75.0 cm³/mol. The molecule has 0 fully saturated rings. The van der Waals surface area contributed by atoms with E-state index >= 15 is 0 Å². The van der Waals surface area contributed by atoms with Crippen molar-refractivity contribution in [3.05, 3.63) is 48.3 Å². The zero-order valence-electron chi connectivity index (χ0n) is 10.6. The average Bonchev–Trinajstić information content (AvgIpc) is 2.36. The van der Waals surface area contributed by atoms with E-state index in [1.165, 1.54) is 12.1 Å². The molecule has 0 heterocycles. The van der Waals surface area contributed by atoms with E-state index in [-0.39, 0.29) is 11.7 Å². The summed E-state index contributed by atoms with van der Waals surface area (Å²) in [6, 6.07) is 6.46. The number of carbonyl (C=O) groups excluding carboxylic acids is 1. The van der Waals surface area contributed by atoms with Gasteiger partial charge in [0.25, 0.3) is 0 Å². The molecule has 0 N–H and O–H groups in total. The van der Waals surface area contributed by atoms with Crippen LogP contribution in [-0.2, 0) is 10.5 Å². The summed E-state index contributed by atoms with van der Waals surface area (Å²) in [6.45, 7) is 4.18. The standard InChI is InChI=1S/C14H18FNOS/c1-3-9-16(2)14(17)8-10-18-11-12-4-6-13(15)7-5-12/h3-7H,1,8-11H2,2H3. The first-order chi connectivity index (χ1) is 8.63. The van der Waals surface area contributed by atoms with Crippen LogP contribution in [0.1, 0.15) is 12.0 Å². The molecular formula is C14H18FNOS. The number of likely N-dealkylation sites (N-methyl/N-ethyl adjacent to an activating group) is 1. The predicted octanol–water partition coefficient (Wildman–Crippen LogP) is 3.09. The zero-order chi connectivity index (χ0) is 13.4. The van der Waals surface area contributed by atoms with Gasteiger partial charge in [0.05, 0.1) is 0 Å². The first kappa shape index (κ1) is 14.8. The van der Waals surface area contributed by atoms with E-state index in [0.29, 0.717) is 13.0 Å². The van der Waals surface area contributed by atoms with Gasteiger partial charge in [0.15, 0.2) is 0 Å². The number of hydrogen-bond acceptors (Lipinski definition) is 2. The number of benzene rings is 1. The van der Waals surface area contributed by atoms with E-state index in [1.54, 1.807) is 41.9 Å². The first-order valence-corrected chi connectivity index (χ1v) is 6.96. The second-order valence-electron chi connectivity index (χ2n) is 3.99. The van der Waals surface area contributed by atoms with E-state index in [0.717, 1.165) is 17.1 Å². The van der Waals surface area contributed by atoms with Crippen LogP contribution in [0.2, 0.25) is 0 Å². The van der Waals surface area contributed by atoms with E-state index < -0.39 is 0 Å². The van der Waals surface area contributed by atoms with Crippen LogP contribution in [0.5, 0.6) is 0 Å². The van der Waals surface area contributed by atoms with Gasteiger partial charge in [0, 0.05) is 31.5 Å². The first-order valence-electron chi connectivity index (χ1n) is 5.80. The van der Waals surface area contributed by atoms with Crippen molar-refractivity contribution in [3.8, 4) is 0 Å². The molecule has 1 amide bonds. The number of nitrogens with zero attached hydrogens (tertiary/aromatic N) is 1. The largest absolute Gasteiger partial charge is 0.342 e. The van der Waals surface area contributed by atoms with E-state index in [4.69, 9.17) is 0 Å².